The van der Waals surface area contributed by atoms with E-state index in [1.54, 1.807) is 4.90 Å². The van der Waals surface area contributed by atoms with Crippen LogP contribution in [0, 0.1) is 0 Å². The summed E-state index contributed by atoms with van der Waals surface area (Å²) in [6.45, 7) is 6.12. The monoisotopic (exact) mass is 395 g/mol. The minimum atomic E-state index is -3.51. The fourth-order valence-electron chi connectivity index (χ4n) is 3.70. The number of rotatable bonds is 5. The van der Waals surface area contributed by atoms with Gasteiger partial charge in [0.25, 0.3) is 10.2 Å². The molecule has 2 heterocycles. The quantitative estimate of drug-likeness (QED) is 0.749. The van der Waals surface area contributed by atoms with Gasteiger partial charge in [-0.05, 0) is 25.8 Å². The van der Waals surface area contributed by atoms with E-state index >= 15 is 0 Å². The molecule has 8 heteroatoms. The Morgan fingerprint density at radius 3 is 2.19 bits per heavy atom. The molecule has 2 fully saturated rings. The van der Waals surface area contributed by atoms with Crippen LogP contribution in [0.1, 0.15) is 25.8 Å². The summed E-state index contributed by atoms with van der Waals surface area (Å²) >= 11 is 0. The Hall–Kier alpha value is -1.48. The highest BCUT2D eigenvalue weighted by Gasteiger charge is 2.37. The summed E-state index contributed by atoms with van der Waals surface area (Å²) in [5, 5.41) is 0. The molecule has 0 radical (unpaired) electrons. The van der Waals surface area contributed by atoms with E-state index in [-0.39, 0.29) is 18.1 Å². The molecule has 0 saturated carbocycles. The van der Waals surface area contributed by atoms with Crippen LogP contribution >= 0.6 is 0 Å². The normalized spacial score (nSPS) is 25.5. The maximum absolute atomic E-state index is 12.9. The summed E-state index contributed by atoms with van der Waals surface area (Å²) in [6, 6.07) is 9.93. The highest BCUT2D eigenvalue weighted by atomic mass is 32.2. The summed E-state index contributed by atoms with van der Waals surface area (Å²) in [5.41, 5.74) is 1.14. The van der Waals surface area contributed by atoms with Crippen LogP contribution in [0.3, 0.4) is 0 Å². The van der Waals surface area contributed by atoms with Crippen molar-refractivity contribution in [3.63, 3.8) is 0 Å². The van der Waals surface area contributed by atoms with Gasteiger partial charge >= 0.3 is 0 Å². The third-order valence-electron chi connectivity index (χ3n) is 5.10. The van der Waals surface area contributed by atoms with Crippen molar-refractivity contribution in [3.8, 4) is 0 Å². The smallest absolute Gasteiger partial charge is 0.282 e. The van der Waals surface area contributed by atoms with E-state index in [0.717, 1.165) is 5.56 Å². The van der Waals surface area contributed by atoms with Crippen molar-refractivity contribution in [2.45, 2.75) is 38.9 Å². The van der Waals surface area contributed by atoms with Crippen molar-refractivity contribution in [1.29, 1.82) is 0 Å². The third-order valence-corrected chi connectivity index (χ3v) is 7.07. The maximum atomic E-state index is 12.9. The molecule has 27 heavy (non-hydrogen) atoms. The molecule has 0 bridgehead atoms. The van der Waals surface area contributed by atoms with Crippen molar-refractivity contribution in [2.24, 2.45) is 0 Å². The molecule has 1 amide bonds. The molecule has 0 unspecified atom stereocenters. The number of nitrogens with zero attached hydrogens (tertiary/aromatic N) is 3. The Labute approximate surface area is 162 Å². The van der Waals surface area contributed by atoms with Crippen LogP contribution in [-0.4, -0.2) is 79.3 Å². The molecule has 2 aliphatic heterocycles. The minimum absolute atomic E-state index is 0.0875. The number of benzene rings is 1. The van der Waals surface area contributed by atoms with E-state index < -0.39 is 10.2 Å². The van der Waals surface area contributed by atoms with Gasteiger partial charge in [0.1, 0.15) is 0 Å². The minimum Gasteiger partial charge on any atom is -0.373 e. The molecule has 2 saturated heterocycles. The van der Waals surface area contributed by atoms with Gasteiger partial charge in [0, 0.05) is 45.7 Å². The average molecular weight is 396 g/mol. The van der Waals surface area contributed by atoms with Crippen molar-refractivity contribution >= 4 is 16.1 Å². The predicted molar refractivity (Wildman–Crippen MR) is 103 cm³/mol. The van der Waals surface area contributed by atoms with Gasteiger partial charge in [0.2, 0.25) is 5.91 Å². The van der Waals surface area contributed by atoms with E-state index in [2.05, 4.69) is 0 Å². The van der Waals surface area contributed by atoms with Crippen molar-refractivity contribution in [2.75, 3.05) is 39.3 Å². The first-order chi connectivity index (χ1) is 12.9. The van der Waals surface area contributed by atoms with Gasteiger partial charge in [0.15, 0.2) is 0 Å². The molecule has 1 aromatic rings. The number of piperazine rings is 1. The SMILES string of the molecule is C[C@@H]1CN(S(=O)(=O)N2CCN(C(=O)CCc3ccccc3)CC2)C[C@@H](C)O1. The Balaban J connectivity index is 1.51. The fourth-order valence-corrected chi connectivity index (χ4v) is 5.45. The lowest BCUT2D eigenvalue weighted by Gasteiger charge is -2.40. The lowest BCUT2D eigenvalue weighted by atomic mass is 10.1. The Morgan fingerprint density at radius 1 is 1.00 bits per heavy atom. The summed E-state index contributed by atoms with van der Waals surface area (Å²) in [7, 11) is -3.51. The van der Waals surface area contributed by atoms with Crippen LogP contribution in [0.5, 0.6) is 0 Å². The molecule has 0 spiro atoms. The Bertz CT molecular complexity index is 723. The number of hydrogen-bond acceptors (Lipinski definition) is 4. The van der Waals surface area contributed by atoms with E-state index in [0.29, 0.717) is 52.1 Å². The van der Waals surface area contributed by atoms with Crippen LogP contribution < -0.4 is 0 Å². The number of aryl methyl sites for hydroxylation is 1. The number of carbonyl (C=O) groups excluding carboxylic acids is 1. The van der Waals surface area contributed by atoms with Crippen molar-refractivity contribution < 1.29 is 17.9 Å². The van der Waals surface area contributed by atoms with Crippen LogP contribution in [0.15, 0.2) is 30.3 Å². The predicted octanol–water partition coefficient (Wildman–Crippen LogP) is 1.12. The van der Waals surface area contributed by atoms with Gasteiger partial charge in [-0.25, -0.2) is 0 Å². The number of ether oxygens (including phenoxy) is 1. The first-order valence-electron chi connectivity index (χ1n) is 9.58. The fraction of sp³-hybridized carbons (Fsp3) is 0.632. The molecule has 1 aromatic carbocycles. The third kappa shape index (κ3) is 5.07. The van der Waals surface area contributed by atoms with Crippen molar-refractivity contribution in [1.82, 2.24) is 13.5 Å². The number of hydrogen-bond donors (Lipinski definition) is 0. The molecular weight excluding hydrogens is 366 g/mol. The van der Waals surface area contributed by atoms with E-state index in [1.807, 2.05) is 44.2 Å². The van der Waals surface area contributed by atoms with Gasteiger partial charge in [-0.3, -0.25) is 4.79 Å². The topological polar surface area (TPSA) is 70.2 Å². The summed E-state index contributed by atoms with van der Waals surface area (Å²) in [5.74, 6) is 0.0875. The van der Waals surface area contributed by atoms with Gasteiger partial charge in [-0.2, -0.15) is 17.0 Å². The maximum Gasteiger partial charge on any atom is 0.282 e. The van der Waals surface area contributed by atoms with E-state index in [4.69, 9.17) is 4.74 Å². The molecular formula is C19H29N3O4S. The molecule has 2 atom stereocenters. The standard InChI is InChI=1S/C19H29N3O4S/c1-16-14-22(15-17(2)26-16)27(24,25)21-12-10-20(11-13-21)19(23)9-8-18-6-4-3-5-7-18/h3-7,16-17H,8-15H2,1-2H3/t16-,17-/m1/s1. The number of carbonyl (C=O) groups is 1. The first-order valence-corrected chi connectivity index (χ1v) is 11.0. The Kier molecular flexibility index (Phi) is 6.52. The molecule has 0 aromatic heterocycles. The van der Waals surface area contributed by atoms with E-state index in [1.165, 1.54) is 8.61 Å². The lowest BCUT2D eigenvalue weighted by molar-refractivity contribution is -0.132. The van der Waals surface area contributed by atoms with Crippen LogP contribution in [0.2, 0.25) is 0 Å². The summed E-state index contributed by atoms with van der Waals surface area (Å²) in [4.78, 5) is 14.2. The van der Waals surface area contributed by atoms with Crippen LogP contribution in [-0.2, 0) is 26.2 Å². The second-order valence-electron chi connectivity index (χ2n) is 7.35. The zero-order valence-electron chi connectivity index (χ0n) is 16.1. The van der Waals surface area contributed by atoms with Gasteiger partial charge in [-0.1, -0.05) is 30.3 Å². The molecule has 2 aliphatic rings. The highest BCUT2D eigenvalue weighted by molar-refractivity contribution is 7.86. The highest BCUT2D eigenvalue weighted by Crippen LogP contribution is 2.19. The van der Waals surface area contributed by atoms with Gasteiger partial charge < -0.3 is 9.64 Å². The zero-order chi connectivity index (χ0) is 19.4. The largest absolute Gasteiger partial charge is 0.373 e. The molecule has 7 nitrogen and oxygen atoms in total. The second-order valence-corrected chi connectivity index (χ2v) is 9.28. The van der Waals surface area contributed by atoms with E-state index in [9.17, 15) is 13.2 Å². The number of amides is 1. The molecule has 3 rings (SSSR count). The lowest BCUT2D eigenvalue weighted by Crippen LogP contribution is -2.57. The molecule has 0 aliphatic carbocycles. The summed E-state index contributed by atoms with van der Waals surface area (Å²) < 4.78 is 34.5. The molecule has 150 valence electrons. The average Bonchev–Trinajstić information content (AvgIpc) is 2.66. The van der Waals surface area contributed by atoms with Crippen molar-refractivity contribution in [3.05, 3.63) is 35.9 Å². The second kappa shape index (κ2) is 8.68. The summed E-state index contributed by atoms with van der Waals surface area (Å²) in [6.07, 6.45) is 0.950. The zero-order valence-corrected chi connectivity index (χ0v) is 16.9. The number of morpholine rings is 1. The van der Waals surface area contributed by atoms with Gasteiger partial charge in [-0.15, -0.1) is 0 Å². The molecule has 0 N–H and O–H groups in total. The Morgan fingerprint density at radius 2 is 1.59 bits per heavy atom. The van der Waals surface area contributed by atoms with Gasteiger partial charge in [0.05, 0.1) is 12.2 Å². The first kappa shape index (κ1) is 20.3. The van der Waals surface area contributed by atoms with Crippen LogP contribution in [0.25, 0.3) is 0 Å². The van der Waals surface area contributed by atoms with Crippen LogP contribution in [0.4, 0.5) is 0 Å².